The maximum Gasteiger partial charge on any atom is 0.259 e. The van der Waals surface area contributed by atoms with Gasteiger partial charge < -0.3 is 15.0 Å². The Morgan fingerprint density at radius 1 is 1.30 bits per heavy atom. The summed E-state index contributed by atoms with van der Waals surface area (Å²) < 4.78 is 4.94. The largest absolute Gasteiger partial charge is 0.375 e. The summed E-state index contributed by atoms with van der Waals surface area (Å²) in [7, 11) is 1.52. The number of carbonyl (C=O) groups excluding carboxylic acids is 2. The molecule has 1 aromatic carbocycles. The first-order chi connectivity index (χ1) is 13.1. The van der Waals surface area contributed by atoms with E-state index in [-0.39, 0.29) is 24.3 Å². The van der Waals surface area contributed by atoms with E-state index in [0.717, 1.165) is 25.1 Å². The third-order valence-electron chi connectivity index (χ3n) is 4.68. The zero-order valence-electron chi connectivity index (χ0n) is 15.6. The first-order valence-electron chi connectivity index (χ1n) is 9.05. The molecule has 1 fully saturated rings. The highest BCUT2D eigenvalue weighted by Gasteiger charge is 2.27. The third-order valence-corrected chi connectivity index (χ3v) is 4.68. The van der Waals surface area contributed by atoms with Gasteiger partial charge in [0, 0.05) is 38.0 Å². The van der Waals surface area contributed by atoms with E-state index in [1.54, 1.807) is 11.1 Å². The van der Waals surface area contributed by atoms with Gasteiger partial charge in [0.1, 0.15) is 12.4 Å². The van der Waals surface area contributed by atoms with Gasteiger partial charge >= 0.3 is 0 Å². The number of anilines is 1. The van der Waals surface area contributed by atoms with Crippen molar-refractivity contribution in [2.24, 2.45) is 0 Å². The van der Waals surface area contributed by atoms with E-state index in [9.17, 15) is 9.59 Å². The summed E-state index contributed by atoms with van der Waals surface area (Å²) in [6.07, 6.45) is 3.40. The summed E-state index contributed by atoms with van der Waals surface area (Å²) in [6.45, 7) is 3.21. The molecule has 0 radical (unpaired) electrons. The van der Waals surface area contributed by atoms with Crippen LogP contribution in [-0.4, -0.2) is 53.5 Å². The Bertz CT molecular complexity index is 810. The van der Waals surface area contributed by atoms with Crippen molar-refractivity contribution >= 4 is 17.5 Å². The maximum absolute atomic E-state index is 12.5. The third kappa shape index (κ3) is 4.68. The van der Waals surface area contributed by atoms with Gasteiger partial charge in [-0.05, 0) is 31.9 Å². The summed E-state index contributed by atoms with van der Waals surface area (Å²) in [5.41, 5.74) is 1.81. The molecule has 3 rings (SSSR count). The van der Waals surface area contributed by atoms with Gasteiger partial charge in [-0.3, -0.25) is 9.59 Å². The Labute approximate surface area is 158 Å². The average Bonchev–Trinajstić information content (AvgIpc) is 2.69. The van der Waals surface area contributed by atoms with Crippen molar-refractivity contribution in [3.8, 4) is 0 Å². The number of nitrogens with zero attached hydrogens (tertiary/aromatic N) is 3. The number of likely N-dealkylation sites (tertiary alicyclic amines) is 1. The van der Waals surface area contributed by atoms with Crippen LogP contribution in [0.2, 0.25) is 0 Å². The van der Waals surface area contributed by atoms with Gasteiger partial charge in [0.2, 0.25) is 5.91 Å². The highest BCUT2D eigenvalue weighted by molar-refractivity contribution is 6.04. The zero-order chi connectivity index (χ0) is 19.2. The number of benzene rings is 1. The molecule has 1 N–H and O–H groups in total. The van der Waals surface area contributed by atoms with E-state index in [4.69, 9.17) is 4.74 Å². The van der Waals surface area contributed by atoms with Gasteiger partial charge in [-0.1, -0.05) is 18.2 Å². The molecule has 1 aliphatic rings. The average molecular weight is 368 g/mol. The second kappa shape index (κ2) is 8.73. The number of para-hydroxylation sites is 1. The molecule has 0 aliphatic carbocycles. The quantitative estimate of drug-likeness (QED) is 0.876. The van der Waals surface area contributed by atoms with E-state index >= 15 is 0 Å². The lowest BCUT2D eigenvalue weighted by atomic mass is 9.97. The molecule has 142 valence electrons. The number of carbonyl (C=O) groups is 2. The second-order valence-electron chi connectivity index (χ2n) is 6.66. The molecule has 0 bridgehead atoms. The van der Waals surface area contributed by atoms with Gasteiger partial charge in [0.05, 0.1) is 11.3 Å². The molecule has 1 aromatic heterocycles. The molecular formula is C20H24N4O3. The first-order valence-corrected chi connectivity index (χ1v) is 9.05. The number of nitrogens with one attached hydrogen (secondary N) is 1. The van der Waals surface area contributed by atoms with Crippen molar-refractivity contribution in [2.75, 3.05) is 32.1 Å². The molecular weight excluding hydrogens is 344 g/mol. The van der Waals surface area contributed by atoms with Crippen LogP contribution >= 0.6 is 0 Å². The van der Waals surface area contributed by atoms with Crippen molar-refractivity contribution in [3.05, 3.63) is 53.6 Å². The van der Waals surface area contributed by atoms with Gasteiger partial charge in [-0.2, -0.15) is 0 Å². The molecule has 1 atom stereocenters. The monoisotopic (exact) mass is 368 g/mol. The van der Waals surface area contributed by atoms with Crippen LogP contribution < -0.4 is 5.32 Å². The lowest BCUT2D eigenvalue weighted by Crippen LogP contribution is -2.41. The van der Waals surface area contributed by atoms with Crippen LogP contribution in [0.4, 0.5) is 5.69 Å². The van der Waals surface area contributed by atoms with Gasteiger partial charge in [0.25, 0.3) is 5.91 Å². The Hall–Kier alpha value is -2.80. The fourth-order valence-corrected chi connectivity index (χ4v) is 3.25. The maximum atomic E-state index is 12.5. The van der Waals surface area contributed by atoms with Crippen LogP contribution in [-0.2, 0) is 9.53 Å². The van der Waals surface area contributed by atoms with Crippen molar-refractivity contribution in [1.29, 1.82) is 0 Å². The van der Waals surface area contributed by atoms with Gasteiger partial charge in [0.15, 0.2) is 0 Å². The summed E-state index contributed by atoms with van der Waals surface area (Å²) in [6, 6.07) is 9.28. The number of aryl methyl sites for hydroxylation is 1. The number of hydrogen-bond donors (Lipinski definition) is 1. The molecule has 7 nitrogen and oxygen atoms in total. The summed E-state index contributed by atoms with van der Waals surface area (Å²) in [5, 5.41) is 2.85. The number of methoxy groups -OCH3 is 1. The smallest absolute Gasteiger partial charge is 0.259 e. The molecule has 2 aromatic rings. The summed E-state index contributed by atoms with van der Waals surface area (Å²) in [5.74, 6) is 0.506. The Morgan fingerprint density at radius 3 is 2.78 bits per heavy atom. The van der Waals surface area contributed by atoms with Crippen molar-refractivity contribution < 1.29 is 14.3 Å². The fraction of sp³-hybridized carbons (Fsp3) is 0.400. The standard InChI is InChI=1S/C20H24N4O3/c1-14-17(20(26)23-16-8-4-3-5-9-16)11-21-19(22-14)15-7-6-10-24(12-15)18(25)13-27-2/h3-5,8-9,11,15H,6-7,10,12-13H2,1-2H3,(H,23,26). The highest BCUT2D eigenvalue weighted by atomic mass is 16.5. The normalized spacial score (nSPS) is 16.8. The molecule has 2 heterocycles. The number of piperidine rings is 1. The van der Waals surface area contributed by atoms with Crippen LogP contribution in [0.3, 0.4) is 0 Å². The number of rotatable bonds is 5. The zero-order valence-corrected chi connectivity index (χ0v) is 15.6. The predicted octanol–water partition coefficient (Wildman–Crippen LogP) is 2.39. The molecule has 7 heteroatoms. The number of ether oxygens (including phenoxy) is 1. The van der Waals surface area contributed by atoms with Crippen LogP contribution in [0, 0.1) is 6.92 Å². The molecule has 2 amide bonds. The van der Waals surface area contributed by atoms with E-state index in [0.29, 0.717) is 23.6 Å². The Morgan fingerprint density at radius 2 is 2.07 bits per heavy atom. The van der Waals surface area contributed by atoms with Crippen LogP contribution in [0.25, 0.3) is 0 Å². The highest BCUT2D eigenvalue weighted by Crippen LogP contribution is 2.25. The topological polar surface area (TPSA) is 84.4 Å². The number of amides is 2. The minimum atomic E-state index is -0.231. The second-order valence-corrected chi connectivity index (χ2v) is 6.66. The SMILES string of the molecule is COCC(=O)N1CCCC(c2ncc(C(=O)Nc3ccccc3)c(C)n2)C1. The number of hydrogen-bond acceptors (Lipinski definition) is 5. The molecule has 1 unspecified atom stereocenters. The Kier molecular flexibility index (Phi) is 6.13. The van der Waals surface area contributed by atoms with Gasteiger partial charge in [-0.25, -0.2) is 9.97 Å². The summed E-state index contributed by atoms with van der Waals surface area (Å²) in [4.78, 5) is 35.3. The minimum Gasteiger partial charge on any atom is -0.375 e. The summed E-state index contributed by atoms with van der Waals surface area (Å²) >= 11 is 0. The van der Waals surface area contributed by atoms with Crippen molar-refractivity contribution in [3.63, 3.8) is 0 Å². The molecule has 1 saturated heterocycles. The van der Waals surface area contributed by atoms with E-state index < -0.39 is 0 Å². The Balaban J connectivity index is 1.70. The number of aromatic nitrogens is 2. The van der Waals surface area contributed by atoms with E-state index in [2.05, 4.69) is 15.3 Å². The fourth-order valence-electron chi connectivity index (χ4n) is 3.25. The minimum absolute atomic E-state index is 0.0159. The van der Waals surface area contributed by atoms with Crippen LogP contribution in [0.15, 0.2) is 36.5 Å². The predicted molar refractivity (Wildman–Crippen MR) is 102 cm³/mol. The molecule has 1 aliphatic heterocycles. The van der Waals surface area contributed by atoms with Gasteiger partial charge in [-0.15, -0.1) is 0 Å². The van der Waals surface area contributed by atoms with E-state index in [1.807, 2.05) is 37.3 Å². The van der Waals surface area contributed by atoms with Crippen LogP contribution in [0.1, 0.15) is 40.6 Å². The lowest BCUT2D eigenvalue weighted by Gasteiger charge is -2.32. The lowest BCUT2D eigenvalue weighted by molar-refractivity contribution is -0.136. The molecule has 27 heavy (non-hydrogen) atoms. The van der Waals surface area contributed by atoms with Crippen molar-refractivity contribution in [2.45, 2.75) is 25.7 Å². The first kappa shape index (κ1) is 19.0. The molecule has 0 saturated carbocycles. The molecule has 0 spiro atoms. The van der Waals surface area contributed by atoms with Crippen LogP contribution in [0.5, 0.6) is 0 Å². The van der Waals surface area contributed by atoms with Crippen molar-refractivity contribution in [1.82, 2.24) is 14.9 Å². The van der Waals surface area contributed by atoms with E-state index in [1.165, 1.54) is 7.11 Å².